The Morgan fingerprint density at radius 3 is 2.65 bits per heavy atom. The second-order valence-corrected chi connectivity index (χ2v) is 4.24. The lowest BCUT2D eigenvalue weighted by Crippen LogP contribution is -2.13. The maximum Gasteiger partial charge on any atom is 0.257 e. The number of nitrogens with two attached hydrogens (primary N) is 1. The van der Waals surface area contributed by atoms with Crippen LogP contribution in [0, 0.1) is 0 Å². The number of amides is 1. The van der Waals surface area contributed by atoms with Gasteiger partial charge >= 0.3 is 0 Å². The van der Waals surface area contributed by atoms with E-state index < -0.39 is 0 Å². The minimum absolute atomic E-state index is 0.226. The predicted molar refractivity (Wildman–Crippen MR) is 70.7 cm³/mol. The van der Waals surface area contributed by atoms with E-state index in [1.165, 1.54) is 0 Å². The van der Waals surface area contributed by atoms with Crippen LogP contribution in [0.25, 0.3) is 0 Å². The molecular weight excluding hydrogens is 282 g/mol. The summed E-state index contributed by atoms with van der Waals surface area (Å²) in [6.07, 6.45) is 0. The van der Waals surface area contributed by atoms with E-state index in [4.69, 9.17) is 5.73 Å². The molecule has 0 spiro atoms. The van der Waals surface area contributed by atoms with E-state index in [1.807, 2.05) is 12.1 Å². The smallest absolute Gasteiger partial charge is 0.257 e. The highest BCUT2D eigenvalue weighted by molar-refractivity contribution is 9.10. The Bertz CT molecular complexity index is 557. The van der Waals surface area contributed by atoms with Crippen molar-refractivity contribution in [2.45, 2.75) is 0 Å². The molecule has 0 saturated heterocycles. The zero-order valence-corrected chi connectivity index (χ0v) is 10.4. The topological polar surface area (TPSA) is 68.0 Å². The number of anilines is 2. The van der Waals surface area contributed by atoms with Crippen LogP contribution in [0.2, 0.25) is 0 Å². The number of benzene rings is 1. The lowest BCUT2D eigenvalue weighted by atomic mass is 10.2. The Balaban J connectivity index is 2.20. The van der Waals surface area contributed by atoms with E-state index in [0.29, 0.717) is 17.2 Å². The molecular formula is C12H10BrN3O. The number of halogens is 1. The molecule has 4 nitrogen and oxygen atoms in total. The van der Waals surface area contributed by atoms with E-state index in [-0.39, 0.29) is 5.91 Å². The minimum Gasteiger partial charge on any atom is -0.384 e. The van der Waals surface area contributed by atoms with E-state index >= 15 is 0 Å². The Hall–Kier alpha value is -1.88. The third kappa shape index (κ3) is 2.82. The van der Waals surface area contributed by atoms with Gasteiger partial charge in [-0.05, 0) is 40.2 Å². The minimum atomic E-state index is -0.226. The molecule has 0 radical (unpaired) electrons. The van der Waals surface area contributed by atoms with Gasteiger partial charge in [0.1, 0.15) is 11.6 Å². The first-order valence-corrected chi connectivity index (χ1v) is 5.74. The van der Waals surface area contributed by atoms with Crippen molar-refractivity contribution in [3.05, 3.63) is 52.5 Å². The van der Waals surface area contributed by atoms with Crippen molar-refractivity contribution < 1.29 is 4.79 Å². The van der Waals surface area contributed by atoms with Gasteiger partial charge in [-0.3, -0.25) is 4.79 Å². The number of carbonyl (C=O) groups is 1. The summed E-state index contributed by atoms with van der Waals surface area (Å²) in [6, 6.07) is 12.3. The fourth-order valence-electron chi connectivity index (χ4n) is 1.35. The Morgan fingerprint density at radius 1 is 1.18 bits per heavy atom. The van der Waals surface area contributed by atoms with Gasteiger partial charge in [0, 0.05) is 4.47 Å². The number of carbonyl (C=O) groups excluding carboxylic acids is 1. The number of hydrogen-bond acceptors (Lipinski definition) is 3. The van der Waals surface area contributed by atoms with Gasteiger partial charge in [-0.2, -0.15) is 0 Å². The molecule has 17 heavy (non-hydrogen) atoms. The average molecular weight is 292 g/mol. The first-order valence-electron chi connectivity index (χ1n) is 4.95. The van der Waals surface area contributed by atoms with Gasteiger partial charge in [-0.1, -0.05) is 18.2 Å². The third-order valence-corrected chi connectivity index (χ3v) is 2.82. The van der Waals surface area contributed by atoms with Crippen LogP contribution in [0.5, 0.6) is 0 Å². The van der Waals surface area contributed by atoms with Gasteiger partial charge in [0.25, 0.3) is 5.91 Å². The number of nitrogen functional groups attached to an aromatic ring is 1. The summed E-state index contributed by atoms with van der Waals surface area (Å²) in [5, 5.41) is 2.68. The maximum atomic E-state index is 11.9. The molecule has 1 aromatic heterocycles. The molecule has 0 aliphatic carbocycles. The van der Waals surface area contributed by atoms with Crippen LogP contribution in [-0.2, 0) is 0 Å². The summed E-state index contributed by atoms with van der Waals surface area (Å²) in [5.74, 6) is 0.580. The second kappa shape index (κ2) is 4.97. The highest BCUT2D eigenvalue weighted by Crippen LogP contribution is 2.17. The Labute approximate surface area is 107 Å². The Kier molecular flexibility index (Phi) is 3.39. The first kappa shape index (κ1) is 11.6. The molecule has 1 amide bonds. The van der Waals surface area contributed by atoms with E-state index in [0.717, 1.165) is 4.47 Å². The average Bonchev–Trinajstić information content (AvgIpc) is 2.29. The summed E-state index contributed by atoms with van der Waals surface area (Å²) < 4.78 is 0.737. The zero-order chi connectivity index (χ0) is 12.3. The first-order chi connectivity index (χ1) is 8.16. The van der Waals surface area contributed by atoms with Crippen LogP contribution < -0.4 is 11.1 Å². The predicted octanol–water partition coefficient (Wildman–Crippen LogP) is 2.68. The van der Waals surface area contributed by atoms with E-state index in [2.05, 4.69) is 26.2 Å². The SMILES string of the molecule is Nc1cccc(NC(=O)c2ccccc2Br)n1. The number of nitrogens with zero attached hydrogens (tertiary/aromatic N) is 1. The largest absolute Gasteiger partial charge is 0.384 e. The molecule has 0 unspecified atom stereocenters. The fourth-order valence-corrected chi connectivity index (χ4v) is 1.81. The van der Waals surface area contributed by atoms with Crippen molar-refractivity contribution in [1.29, 1.82) is 0 Å². The molecule has 86 valence electrons. The maximum absolute atomic E-state index is 11.9. The standard InChI is InChI=1S/C12H10BrN3O/c13-9-5-2-1-4-8(9)12(17)16-11-7-3-6-10(14)15-11/h1-7H,(H3,14,15,16,17). The van der Waals surface area contributed by atoms with E-state index in [1.54, 1.807) is 30.3 Å². The highest BCUT2D eigenvalue weighted by atomic mass is 79.9. The van der Waals surface area contributed by atoms with E-state index in [9.17, 15) is 4.79 Å². The van der Waals surface area contributed by atoms with Crippen molar-refractivity contribution >= 4 is 33.5 Å². The van der Waals surface area contributed by atoms with Crippen molar-refractivity contribution in [3.8, 4) is 0 Å². The van der Waals surface area contributed by atoms with Crippen LogP contribution in [0.4, 0.5) is 11.6 Å². The molecule has 2 rings (SSSR count). The number of pyridine rings is 1. The summed E-state index contributed by atoms with van der Waals surface area (Å²) in [5.41, 5.74) is 6.08. The van der Waals surface area contributed by atoms with Crippen molar-refractivity contribution in [2.24, 2.45) is 0 Å². The normalized spacial score (nSPS) is 9.94. The monoisotopic (exact) mass is 291 g/mol. The van der Waals surface area contributed by atoms with Crippen LogP contribution in [0.3, 0.4) is 0 Å². The third-order valence-electron chi connectivity index (χ3n) is 2.13. The molecule has 5 heteroatoms. The molecule has 1 aromatic carbocycles. The molecule has 2 aromatic rings. The number of nitrogens with one attached hydrogen (secondary N) is 1. The fraction of sp³-hybridized carbons (Fsp3) is 0. The summed E-state index contributed by atoms with van der Waals surface area (Å²) >= 11 is 3.32. The molecule has 0 saturated carbocycles. The summed E-state index contributed by atoms with van der Waals surface area (Å²) in [7, 11) is 0. The van der Waals surface area contributed by atoms with Gasteiger partial charge in [-0.25, -0.2) is 4.98 Å². The van der Waals surface area contributed by atoms with Crippen LogP contribution in [0.1, 0.15) is 10.4 Å². The molecule has 0 atom stereocenters. The molecule has 1 heterocycles. The van der Waals surface area contributed by atoms with Crippen molar-refractivity contribution in [3.63, 3.8) is 0 Å². The van der Waals surface area contributed by atoms with Crippen LogP contribution in [-0.4, -0.2) is 10.9 Å². The van der Waals surface area contributed by atoms with Crippen molar-refractivity contribution in [2.75, 3.05) is 11.1 Å². The molecule has 3 N–H and O–H groups in total. The molecule has 0 aliphatic rings. The van der Waals surface area contributed by atoms with Gasteiger partial charge in [-0.15, -0.1) is 0 Å². The quantitative estimate of drug-likeness (QED) is 0.894. The van der Waals surface area contributed by atoms with Crippen molar-refractivity contribution in [1.82, 2.24) is 4.98 Å². The molecule has 0 bridgehead atoms. The summed E-state index contributed by atoms with van der Waals surface area (Å²) in [4.78, 5) is 15.9. The van der Waals surface area contributed by atoms with Crippen LogP contribution in [0.15, 0.2) is 46.9 Å². The van der Waals surface area contributed by atoms with Gasteiger partial charge in [0.15, 0.2) is 0 Å². The highest BCUT2D eigenvalue weighted by Gasteiger charge is 2.09. The lowest BCUT2D eigenvalue weighted by molar-refractivity contribution is 0.102. The summed E-state index contributed by atoms with van der Waals surface area (Å²) in [6.45, 7) is 0. The number of aromatic nitrogens is 1. The second-order valence-electron chi connectivity index (χ2n) is 3.38. The number of hydrogen-bond donors (Lipinski definition) is 2. The number of rotatable bonds is 2. The molecule has 0 fully saturated rings. The zero-order valence-electron chi connectivity index (χ0n) is 8.85. The van der Waals surface area contributed by atoms with Crippen LogP contribution >= 0.6 is 15.9 Å². The lowest BCUT2D eigenvalue weighted by Gasteiger charge is -2.06. The van der Waals surface area contributed by atoms with Gasteiger partial charge in [0.2, 0.25) is 0 Å². The van der Waals surface area contributed by atoms with Gasteiger partial charge < -0.3 is 11.1 Å². The Morgan fingerprint density at radius 2 is 1.94 bits per heavy atom. The van der Waals surface area contributed by atoms with Gasteiger partial charge in [0.05, 0.1) is 5.56 Å². The molecule has 0 aliphatic heterocycles.